The molecular weight excluding hydrogens is 849 g/mol. The normalized spacial score (nSPS) is 13.2. The second kappa shape index (κ2) is 14.9. The summed E-state index contributed by atoms with van der Waals surface area (Å²) < 4.78 is 6.54. The first-order valence-electron chi connectivity index (χ1n) is 24.2. The molecule has 2 aliphatic rings. The van der Waals surface area contributed by atoms with Crippen molar-refractivity contribution in [1.82, 2.24) is 0 Å². The lowest BCUT2D eigenvalue weighted by Crippen LogP contribution is -2.36. The molecule has 0 bridgehead atoms. The topological polar surface area (TPSA) is 19.6 Å². The second-order valence-corrected chi connectivity index (χ2v) is 18.7. The highest BCUT2D eigenvalue weighted by molar-refractivity contribution is 6.26. The third-order valence-corrected chi connectivity index (χ3v) is 15.2. The van der Waals surface area contributed by atoms with E-state index in [0.717, 1.165) is 55.8 Å². The third kappa shape index (κ3) is 5.40. The van der Waals surface area contributed by atoms with Crippen LogP contribution in [0.2, 0.25) is 0 Å². The molecule has 3 nitrogen and oxygen atoms in total. The summed E-state index contributed by atoms with van der Waals surface area (Å²) in [5.74, 6) is 0. The zero-order valence-electron chi connectivity index (χ0n) is 38.1. The van der Waals surface area contributed by atoms with Crippen molar-refractivity contribution in [2.24, 2.45) is 0 Å². The molecule has 0 fully saturated rings. The Hall–Kier alpha value is -9.18. The summed E-state index contributed by atoms with van der Waals surface area (Å²) in [7, 11) is 0. The maximum atomic E-state index is 6.54. The van der Waals surface area contributed by atoms with Gasteiger partial charge in [0.1, 0.15) is 11.2 Å². The lowest BCUT2D eigenvalue weighted by atomic mass is 9.64. The van der Waals surface area contributed by atoms with E-state index >= 15 is 0 Å². The van der Waals surface area contributed by atoms with Crippen LogP contribution < -0.4 is 9.80 Å². The Morgan fingerprint density at radius 3 is 1.53 bits per heavy atom. The van der Waals surface area contributed by atoms with Gasteiger partial charge in [0.05, 0.1) is 16.8 Å². The standard InChI is InChI=1S/C67H42N2O/c1-2-17-44(18-3-1)69-63-30-13-11-28-61(63)67(62-29-12-14-31-64(62)69)59-27-10-8-23-54(59)58-42-47(38-40-60(58)67)68(46-37-39-53-51-21-5-4-19-49(51)50-20-6-7-22-52(50)57(53)41-46)45-35-33-43(34-36-45)48-25-16-26-56-55-24-9-15-32-65(55)70-66(48)56/h1-42H. The van der Waals surface area contributed by atoms with Gasteiger partial charge in [-0.1, -0.05) is 188 Å². The Bertz CT molecular complexity index is 4180. The van der Waals surface area contributed by atoms with E-state index in [0.29, 0.717) is 0 Å². The minimum Gasteiger partial charge on any atom is -0.455 e. The molecule has 3 heteroatoms. The van der Waals surface area contributed by atoms with Crippen LogP contribution in [0.5, 0.6) is 0 Å². The first-order chi connectivity index (χ1) is 34.7. The van der Waals surface area contributed by atoms with E-state index in [1.807, 2.05) is 6.07 Å². The molecule has 2 heterocycles. The number of hydrogen-bond acceptors (Lipinski definition) is 3. The maximum Gasteiger partial charge on any atom is 0.143 e. The molecule has 15 rings (SSSR count). The number of rotatable bonds is 5. The highest BCUT2D eigenvalue weighted by Crippen LogP contribution is 2.64. The van der Waals surface area contributed by atoms with Gasteiger partial charge in [0.25, 0.3) is 0 Å². The van der Waals surface area contributed by atoms with Crippen molar-refractivity contribution in [2.75, 3.05) is 9.80 Å². The summed E-state index contributed by atoms with van der Waals surface area (Å²) >= 11 is 0. The predicted octanol–water partition coefficient (Wildman–Crippen LogP) is 18.3. The van der Waals surface area contributed by atoms with Gasteiger partial charge in [0.15, 0.2) is 0 Å². The zero-order valence-corrected chi connectivity index (χ0v) is 38.1. The van der Waals surface area contributed by atoms with Gasteiger partial charge in [-0.15, -0.1) is 0 Å². The fraction of sp³-hybridized carbons (Fsp3) is 0.0149. The molecule has 0 radical (unpaired) electrons. The van der Waals surface area contributed by atoms with Crippen molar-refractivity contribution >= 4 is 88.4 Å². The Morgan fingerprint density at radius 2 is 0.814 bits per heavy atom. The Balaban J connectivity index is 0.957. The number of anilines is 6. The van der Waals surface area contributed by atoms with Crippen LogP contribution in [0.4, 0.5) is 34.1 Å². The van der Waals surface area contributed by atoms with Gasteiger partial charge >= 0.3 is 0 Å². The van der Waals surface area contributed by atoms with Gasteiger partial charge in [-0.05, 0) is 138 Å². The zero-order chi connectivity index (χ0) is 45.9. The molecule has 12 aromatic carbocycles. The molecule has 0 unspecified atom stereocenters. The van der Waals surface area contributed by atoms with Crippen molar-refractivity contribution in [2.45, 2.75) is 5.41 Å². The average Bonchev–Trinajstić information content (AvgIpc) is 3.96. The Kier molecular flexibility index (Phi) is 8.28. The smallest absolute Gasteiger partial charge is 0.143 e. The van der Waals surface area contributed by atoms with Crippen LogP contribution in [-0.4, -0.2) is 0 Å². The molecular formula is C67H42N2O. The highest BCUT2D eigenvalue weighted by Gasteiger charge is 2.51. The lowest BCUT2D eigenvalue weighted by molar-refractivity contribution is 0.670. The van der Waals surface area contributed by atoms with E-state index in [-0.39, 0.29) is 0 Å². The van der Waals surface area contributed by atoms with Gasteiger partial charge in [0.2, 0.25) is 0 Å². The molecule has 13 aromatic rings. The van der Waals surface area contributed by atoms with Gasteiger partial charge in [-0.3, -0.25) is 0 Å². The SMILES string of the molecule is c1ccc(N2c3ccccc3C3(c4ccccc4-c4cc(N(c5ccc(-c6cccc7c6oc6ccccc67)cc5)c5ccc6c7ccccc7c7ccccc7c6c5)ccc43)c3ccccc32)cc1. The number of furan rings is 1. The van der Waals surface area contributed by atoms with Crippen molar-refractivity contribution in [3.63, 3.8) is 0 Å². The van der Waals surface area contributed by atoms with Crippen LogP contribution in [0.3, 0.4) is 0 Å². The fourth-order valence-corrected chi connectivity index (χ4v) is 12.3. The van der Waals surface area contributed by atoms with E-state index < -0.39 is 5.41 Å². The van der Waals surface area contributed by atoms with E-state index in [9.17, 15) is 0 Å². The fourth-order valence-electron chi connectivity index (χ4n) is 12.3. The summed E-state index contributed by atoms with van der Waals surface area (Å²) in [5, 5.41) is 9.78. The molecule has 0 amide bonds. The molecule has 70 heavy (non-hydrogen) atoms. The van der Waals surface area contributed by atoms with Crippen LogP contribution in [0.25, 0.3) is 76.5 Å². The van der Waals surface area contributed by atoms with E-state index in [2.05, 4.69) is 259 Å². The highest BCUT2D eigenvalue weighted by atomic mass is 16.3. The van der Waals surface area contributed by atoms with Crippen molar-refractivity contribution in [3.8, 4) is 22.3 Å². The van der Waals surface area contributed by atoms with Gasteiger partial charge < -0.3 is 14.2 Å². The van der Waals surface area contributed by atoms with E-state index in [1.165, 1.54) is 77.1 Å². The predicted molar refractivity (Wildman–Crippen MR) is 292 cm³/mol. The summed E-state index contributed by atoms with van der Waals surface area (Å²) in [4.78, 5) is 4.89. The third-order valence-electron chi connectivity index (χ3n) is 15.2. The number of nitrogens with zero attached hydrogens (tertiary/aromatic N) is 2. The number of para-hydroxylation sites is 5. The minimum absolute atomic E-state index is 0.546. The van der Waals surface area contributed by atoms with E-state index in [4.69, 9.17) is 4.42 Å². The Morgan fingerprint density at radius 1 is 0.314 bits per heavy atom. The second-order valence-electron chi connectivity index (χ2n) is 18.7. The molecule has 0 saturated heterocycles. The number of benzene rings is 12. The van der Waals surface area contributed by atoms with Gasteiger partial charge in [-0.25, -0.2) is 0 Å². The largest absolute Gasteiger partial charge is 0.455 e. The van der Waals surface area contributed by atoms with E-state index in [1.54, 1.807) is 0 Å². The summed E-state index contributed by atoms with van der Waals surface area (Å²) in [6.45, 7) is 0. The van der Waals surface area contributed by atoms with Crippen molar-refractivity contribution < 1.29 is 4.42 Å². The Labute approximate surface area is 405 Å². The van der Waals surface area contributed by atoms with Crippen LogP contribution in [-0.2, 0) is 5.41 Å². The molecule has 0 saturated carbocycles. The summed E-state index contributed by atoms with van der Waals surface area (Å²) in [5.41, 5.74) is 17.8. The van der Waals surface area contributed by atoms with Crippen molar-refractivity contribution in [1.29, 1.82) is 0 Å². The molecule has 1 aromatic heterocycles. The number of hydrogen-bond donors (Lipinski definition) is 0. The molecule has 1 aliphatic heterocycles. The molecule has 326 valence electrons. The number of fused-ring (bicyclic) bond motifs is 18. The van der Waals surface area contributed by atoms with Gasteiger partial charge in [-0.2, -0.15) is 0 Å². The van der Waals surface area contributed by atoms with Gasteiger partial charge in [0, 0.05) is 39.1 Å². The maximum absolute atomic E-state index is 6.54. The van der Waals surface area contributed by atoms with Crippen LogP contribution >= 0.6 is 0 Å². The molecule has 1 aliphatic carbocycles. The van der Waals surface area contributed by atoms with Crippen LogP contribution in [0, 0.1) is 0 Å². The molecule has 1 spiro atoms. The van der Waals surface area contributed by atoms with Crippen molar-refractivity contribution in [3.05, 3.63) is 277 Å². The van der Waals surface area contributed by atoms with Crippen LogP contribution in [0.1, 0.15) is 22.3 Å². The summed E-state index contributed by atoms with van der Waals surface area (Å²) in [6.07, 6.45) is 0. The van der Waals surface area contributed by atoms with Crippen LogP contribution in [0.15, 0.2) is 259 Å². The first kappa shape index (κ1) is 38.9. The molecule has 0 atom stereocenters. The first-order valence-corrected chi connectivity index (χ1v) is 24.2. The minimum atomic E-state index is -0.546. The quantitative estimate of drug-likeness (QED) is 0.161. The molecule has 0 N–H and O–H groups in total. The average molecular weight is 891 g/mol. The summed E-state index contributed by atoms with van der Waals surface area (Å²) in [6, 6.07) is 93.7. The monoisotopic (exact) mass is 890 g/mol. The lowest BCUT2D eigenvalue weighted by Gasteiger charge is -2.45.